The number of nitrogens with one attached hydrogen (secondary N) is 1. The fourth-order valence-electron chi connectivity index (χ4n) is 3.16. The van der Waals surface area contributed by atoms with Crippen molar-refractivity contribution in [3.05, 3.63) is 101 Å². The summed E-state index contributed by atoms with van der Waals surface area (Å²) in [6.45, 7) is 2.15. The van der Waals surface area contributed by atoms with Crippen LogP contribution in [0.25, 0.3) is 0 Å². The van der Waals surface area contributed by atoms with E-state index >= 15 is 0 Å². The summed E-state index contributed by atoms with van der Waals surface area (Å²) in [5.41, 5.74) is 3.10. The van der Waals surface area contributed by atoms with Crippen LogP contribution in [0.1, 0.15) is 33.3 Å². The smallest absolute Gasteiger partial charge is 0.257 e. The van der Waals surface area contributed by atoms with E-state index in [2.05, 4.69) is 41.5 Å². The Kier molecular flexibility index (Phi) is 6.82. The first kappa shape index (κ1) is 21.6. The van der Waals surface area contributed by atoms with Gasteiger partial charge in [-0.05, 0) is 66.1 Å². The fraction of sp³-hybridized carbons (Fsp3) is 0.154. The molecule has 0 aliphatic heterocycles. The second-order valence-corrected chi connectivity index (χ2v) is 8.35. The van der Waals surface area contributed by atoms with Crippen LogP contribution in [-0.2, 0) is 12.8 Å². The molecule has 0 fully saturated rings. The molecule has 4 rings (SSSR count). The minimum atomic E-state index is -0.200. The Morgan fingerprint density at radius 1 is 0.875 bits per heavy atom. The van der Waals surface area contributed by atoms with Crippen molar-refractivity contribution >= 4 is 22.4 Å². The maximum atomic E-state index is 12.6. The second kappa shape index (κ2) is 10.1. The normalized spacial score (nSPS) is 10.6. The quantitative estimate of drug-likeness (QED) is 0.344. The van der Waals surface area contributed by atoms with Gasteiger partial charge in [0, 0.05) is 23.1 Å². The maximum Gasteiger partial charge on any atom is 0.257 e. The maximum absolute atomic E-state index is 12.6. The molecule has 0 unspecified atom stereocenters. The molecule has 0 aliphatic carbocycles. The Morgan fingerprint density at radius 3 is 2.09 bits per heavy atom. The number of methoxy groups -OCH3 is 1. The van der Waals surface area contributed by atoms with Crippen LogP contribution in [0, 0.1) is 0 Å². The molecule has 162 valence electrons. The zero-order valence-corrected chi connectivity index (χ0v) is 18.8. The highest BCUT2D eigenvalue weighted by Gasteiger charge is 2.10. The second-order valence-electron chi connectivity index (χ2n) is 7.23. The van der Waals surface area contributed by atoms with Crippen LogP contribution >= 0.6 is 11.3 Å². The zero-order valence-electron chi connectivity index (χ0n) is 18.0. The highest BCUT2D eigenvalue weighted by atomic mass is 32.1. The predicted octanol–water partition coefficient (Wildman–Crippen LogP) is 6.35. The van der Waals surface area contributed by atoms with Crippen LogP contribution in [-0.4, -0.2) is 18.0 Å². The van der Waals surface area contributed by atoms with Gasteiger partial charge in [-0.2, -0.15) is 0 Å². The number of amides is 1. The molecule has 0 saturated heterocycles. The van der Waals surface area contributed by atoms with Crippen LogP contribution < -0.4 is 14.8 Å². The van der Waals surface area contributed by atoms with Gasteiger partial charge in [0.15, 0.2) is 5.13 Å². The Bertz CT molecular complexity index is 1170. The lowest BCUT2D eigenvalue weighted by Crippen LogP contribution is -2.11. The first-order valence-electron chi connectivity index (χ1n) is 10.4. The first-order chi connectivity index (χ1) is 15.6. The average Bonchev–Trinajstić information content (AvgIpc) is 3.27. The SMILES string of the molecule is CCc1ccc(Cc2cnc(NC(=O)c3ccc(Oc4ccc(OC)cc4)cc3)s2)cc1. The number of rotatable bonds is 8. The number of thiazole rings is 1. The summed E-state index contributed by atoms with van der Waals surface area (Å²) in [4.78, 5) is 18.0. The number of ether oxygens (including phenoxy) is 2. The lowest BCUT2D eigenvalue weighted by molar-refractivity contribution is 0.102. The largest absolute Gasteiger partial charge is 0.497 e. The summed E-state index contributed by atoms with van der Waals surface area (Å²) in [5, 5.41) is 3.47. The van der Waals surface area contributed by atoms with E-state index < -0.39 is 0 Å². The average molecular weight is 445 g/mol. The molecular formula is C26H24N2O3S. The topological polar surface area (TPSA) is 60.5 Å². The van der Waals surface area contributed by atoms with Crippen molar-refractivity contribution < 1.29 is 14.3 Å². The number of aryl methyl sites for hydroxylation is 1. The molecule has 0 bridgehead atoms. The van der Waals surface area contributed by atoms with E-state index in [4.69, 9.17) is 9.47 Å². The number of benzene rings is 3. The van der Waals surface area contributed by atoms with Crippen LogP contribution in [0.4, 0.5) is 5.13 Å². The third-order valence-corrected chi connectivity index (χ3v) is 5.91. The molecule has 0 radical (unpaired) electrons. The van der Waals surface area contributed by atoms with Crippen LogP contribution in [0.5, 0.6) is 17.2 Å². The van der Waals surface area contributed by atoms with Gasteiger partial charge in [0.2, 0.25) is 0 Å². The summed E-state index contributed by atoms with van der Waals surface area (Å²) in [6, 6.07) is 22.9. The molecule has 5 nitrogen and oxygen atoms in total. The number of hydrogen-bond acceptors (Lipinski definition) is 5. The Morgan fingerprint density at radius 2 is 1.47 bits per heavy atom. The summed E-state index contributed by atoms with van der Waals surface area (Å²) >= 11 is 1.49. The number of aromatic nitrogens is 1. The number of carbonyl (C=O) groups excluding carboxylic acids is 1. The van der Waals surface area contributed by atoms with E-state index in [0.717, 1.165) is 23.5 Å². The number of nitrogens with zero attached hydrogens (tertiary/aromatic N) is 1. The van der Waals surface area contributed by atoms with E-state index in [-0.39, 0.29) is 5.91 Å². The van der Waals surface area contributed by atoms with E-state index in [1.807, 2.05) is 30.5 Å². The van der Waals surface area contributed by atoms with Gasteiger partial charge in [0.05, 0.1) is 7.11 Å². The lowest BCUT2D eigenvalue weighted by atomic mass is 10.1. The highest BCUT2D eigenvalue weighted by molar-refractivity contribution is 7.15. The Balaban J connectivity index is 1.34. The molecule has 0 atom stereocenters. The van der Waals surface area contributed by atoms with Crippen molar-refractivity contribution in [3.8, 4) is 17.2 Å². The van der Waals surface area contributed by atoms with Crippen molar-refractivity contribution in [3.63, 3.8) is 0 Å². The molecule has 32 heavy (non-hydrogen) atoms. The Hall–Kier alpha value is -3.64. The third kappa shape index (κ3) is 5.53. The van der Waals surface area contributed by atoms with Gasteiger partial charge in [-0.15, -0.1) is 11.3 Å². The molecule has 1 amide bonds. The molecule has 6 heteroatoms. The van der Waals surface area contributed by atoms with Crippen molar-refractivity contribution in [2.45, 2.75) is 19.8 Å². The summed E-state index contributed by atoms with van der Waals surface area (Å²) in [6.07, 6.45) is 3.65. The van der Waals surface area contributed by atoms with Gasteiger partial charge in [-0.25, -0.2) is 4.98 Å². The minimum absolute atomic E-state index is 0.200. The van der Waals surface area contributed by atoms with E-state index in [1.165, 1.54) is 22.5 Å². The molecule has 1 aromatic heterocycles. The van der Waals surface area contributed by atoms with Crippen molar-refractivity contribution in [2.75, 3.05) is 12.4 Å². The summed E-state index contributed by atoms with van der Waals surface area (Å²) in [5.74, 6) is 1.92. The minimum Gasteiger partial charge on any atom is -0.497 e. The monoisotopic (exact) mass is 444 g/mol. The van der Waals surface area contributed by atoms with Crippen molar-refractivity contribution in [2.24, 2.45) is 0 Å². The van der Waals surface area contributed by atoms with Crippen LogP contribution in [0.15, 0.2) is 79.0 Å². The summed E-state index contributed by atoms with van der Waals surface area (Å²) in [7, 11) is 1.62. The third-order valence-electron chi connectivity index (χ3n) is 5.00. The molecule has 0 spiro atoms. The molecule has 3 aromatic carbocycles. The van der Waals surface area contributed by atoms with E-state index in [0.29, 0.717) is 22.2 Å². The van der Waals surface area contributed by atoms with Crippen molar-refractivity contribution in [1.82, 2.24) is 4.98 Å². The number of carbonyl (C=O) groups is 1. The van der Waals surface area contributed by atoms with E-state index in [1.54, 1.807) is 31.4 Å². The standard InChI is InChI=1S/C26H24N2O3S/c1-3-18-4-6-19(7-5-18)16-24-17-27-26(32-24)28-25(29)20-8-10-22(11-9-20)31-23-14-12-21(30-2)13-15-23/h4-15,17H,3,16H2,1-2H3,(H,27,28,29). The van der Waals surface area contributed by atoms with Gasteiger partial charge in [-0.1, -0.05) is 31.2 Å². The molecule has 1 heterocycles. The molecular weight excluding hydrogens is 420 g/mol. The predicted molar refractivity (Wildman–Crippen MR) is 128 cm³/mol. The molecule has 1 N–H and O–H groups in total. The highest BCUT2D eigenvalue weighted by Crippen LogP contribution is 2.25. The molecule has 4 aromatic rings. The fourth-order valence-corrected chi connectivity index (χ4v) is 4.01. The van der Waals surface area contributed by atoms with Gasteiger partial charge in [-0.3, -0.25) is 10.1 Å². The number of anilines is 1. The Labute approximate surface area is 191 Å². The first-order valence-corrected chi connectivity index (χ1v) is 11.2. The summed E-state index contributed by atoms with van der Waals surface area (Å²) < 4.78 is 11.0. The molecule has 0 aliphatic rings. The van der Waals surface area contributed by atoms with Crippen molar-refractivity contribution in [1.29, 1.82) is 0 Å². The zero-order chi connectivity index (χ0) is 22.3. The number of hydrogen-bond donors (Lipinski definition) is 1. The lowest BCUT2D eigenvalue weighted by Gasteiger charge is -2.07. The van der Waals surface area contributed by atoms with Crippen LogP contribution in [0.3, 0.4) is 0 Å². The van der Waals surface area contributed by atoms with E-state index in [9.17, 15) is 4.79 Å². The van der Waals surface area contributed by atoms with Gasteiger partial charge in [0.1, 0.15) is 17.2 Å². The van der Waals surface area contributed by atoms with Gasteiger partial charge >= 0.3 is 0 Å². The molecule has 0 saturated carbocycles. The van der Waals surface area contributed by atoms with Gasteiger partial charge < -0.3 is 9.47 Å². The van der Waals surface area contributed by atoms with Gasteiger partial charge in [0.25, 0.3) is 5.91 Å². The van der Waals surface area contributed by atoms with Crippen LogP contribution in [0.2, 0.25) is 0 Å².